The highest BCUT2D eigenvalue weighted by Crippen LogP contribution is 2.40. The fourth-order valence-electron chi connectivity index (χ4n) is 3.28. The molecule has 0 radical (unpaired) electrons. The van der Waals surface area contributed by atoms with E-state index in [1.807, 2.05) is 52.1 Å². The lowest BCUT2D eigenvalue weighted by molar-refractivity contribution is 0.200. The van der Waals surface area contributed by atoms with Gasteiger partial charge in [-0.1, -0.05) is 34.6 Å². The number of nitrogens with one attached hydrogen (secondary N) is 1. The molecule has 166 valence electrons. The topological polar surface area (TPSA) is 54.0 Å². The second-order valence-corrected chi connectivity index (χ2v) is 7.31. The van der Waals surface area contributed by atoms with Crippen LogP contribution >= 0.6 is 0 Å². The normalized spacial score (nSPS) is 13.6. The number of ether oxygens (including phenoxy) is 1. The first-order valence-corrected chi connectivity index (χ1v) is 11.5. The molecule has 0 aliphatic heterocycles. The van der Waals surface area contributed by atoms with Crippen molar-refractivity contribution >= 4 is 16.7 Å². The van der Waals surface area contributed by atoms with Gasteiger partial charge in [0.1, 0.15) is 22.9 Å². The Morgan fingerprint density at radius 2 is 1.83 bits per heavy atom. The summed E-state index contributed by atoms with van der Waals surface area (Å²) in [6.45, 7) is 16.5. The van der Waals surface area contributed by atoms with Gasteiger partial charge in [-0.25, -0.2) is 4.98 Å². The van der Waals surface area contributed by atoms with Crippen LogP contribution in [0.3, 0.4) is 0 Å². The van der Waals surface area contributed by atoms with Crippen molar-refractivity contribution in [2.75, 3.05) is 18.0 Å². The monoisotopic (exact) mass is 412 g/mol. The van der Waals surface area contributed by atoms with Gasteiger partial charge < -0.3 is 9.64 Å². The van der Waals surface area contributed by atoms with Gasteiger partial charge >= 0.3 is 0 Å². The minimum absolute atomic E-state index is 0. The lowest BCUT2D eigenvalue weighted by atomic mass is 10.1. The quantitative estimate of drug-likeness (QED) is 0.450. The van der Waals surface area contributed by atoms with Crippen molar-refractivity contribution in [3.8, 4) is 17.0 Å². The molecule has 1 aromatic carbocycles. The predicted octanol–water partition coefficient (Wildman–Crippen LogP) is 7.09. The minimum Gasteiger partial charge on any atom is -0.488 e. The largest absolute Gasteiger partial charge is 0.488 e. The Bertz CT molecular complexity index is 921. The molecular weight excluding hydrogens is 372 g/mol. The van der Waals surface area contributed by atoms with Gasteiger partial charge in [-0.3, -0.25) is 5.10 Å². The molecular formula is C25H40N4O. The maximum atomic E-state index is 6.13. The van der Waals surface area contributed by atoms with E-state index in [1.54, 1.807) is 0 Å². The SMILES string of the molecule is CC.CC.CCCN(CC)c1cc(-c2n[nH]c3ccc(OC4(C)CC4)cc23)ccn1.[HH]. The highest BCUT2D eigenvalue weighted by Gasteiger charge is 2.40. The summed E-state index contributed by atoms with van der Waals surface area (Å²) in [5.41, 5.74) is 3.06. The first-order chi connectivity index (χ1) is 14.6. The Morgan fingerprint density at radius 1 is 1.10 bits per heavy atom. The fraction of sp³-hybridized carbons (Fsp3) is 0.520. The first-order valence-electron chi connectivity index (χ1n) is 11.5. The molecule has 0 spiro atoms. The first kappa shape index (κ1) is 23.7. The number of hydrogen-bond donors (Lipinski definition) is 1. The standard InChI is InChI=1S/C21H26N4O.2C2H6.H2/c1-4-12-25(5-2)19-13-15(8-11-22-19)20-17-14-16(26-21(3)9-10-21)6-7-18(17)23-24-20;2*1-2;/h6-8,11,13-14H,4-5,9-10,12H2,1-3H3,(H,23,24);2*1-2H3;1H. The molecule has 2 aromatic heterocycles. The smallest absolute Gasteiger partial charge is 0.129 e. The summed E-state index contributed by atoms with van der Waals surface area (Å²) in [6.07, 6.45) is 5.22. The number of rotatable bonds is 7. The third-order valence-corrected chi connectivity index (χ3v) is 5.07. The number of aromatic amines is 1. The Labute approximate surface area is 183 Å². The maximum absolute atomic E-state index is 6.13. The van der Waals surface area contributed by atoms with Gasteiger partial charge in [0.25, 0.3) is 0 Å². The summed E-state index contributed by atoms with van der Waals surface area (Å²) in [6, 6.07) is 10.3. The van der Waals surface area contributed by atoms with Gasteiger partial charge in [0.15, 0.2) is 0 Å². The van der Waals surface area contributed by atoms with Crippen LogP contribution in [0.1, 0.15) is 69.2 Å². The van der Waals surface area contributed by atoms with Crippen molar-refractivity contribution in [3.63, 3.8) is 0 Å². The third-order valence-electron chi connectivity index (χ3n) is 5.07. The van der Waals surface area contributed by atoms with E-state index < -0.39 is 0 Å². The van der Waals surface area contributed by atoms with Crippen LogP contribution < -0.4 is 9.64 Å². The fourth-order valence-corrected chi connectivity index (χ4v) is 3.28. The molecule has 2 heterocycles. The summed E-state index contributed by atoms with van der Waals surface area (Å²) < 4.78 is 6.13. The van der Waals surface area contributed by atoms with E-state index in [0.29, 0.717) is 0 Å². The molecule has 1 aliphatic carbocycles. The number of pyridine rings is 1. The van der Waals surface area contributed by atoms with Crippen LogP contribution in [0.2, 0.25) is 0 Å². The van der Waals surface area contributed by atoms with Crippen LogP contribution in [-0.2, 0) is 0 Å². The van der Waals surface area contributed by atoms with Crippen LogP contribution in [0.4, 0.5) is 5.82 Å². The predicted molar refractivity (Wildman–Crippen MR) is 131 cm³/mol. The van der Waals surface area contributed by atoms with Crippen molar-refractivity contribution in [3.05, 3.63) is 36.5 Å². The molecule has 30 heavy (non-hydrogen) atoms. The Balaban J connectivity index is 0.000000910. The van der Waals surface area contributed by atoms with Crippen molar-refractivity contribution in [1.29, 1.82) is 0 Å². The van der Waals surface area contributed by atoms with Crippen LogP contribution in [0.25, 0.3) is 22.2 Å². The Hall–Kier alpha value is -2.56. The molecule has 4 rings (SSSR count). The molecule has 1 fully saturated rings. The number of fused-ring (bicyclic) bond motifs is 1. The molecule has 5 nitrogen and oxygen atoms in total. The zero-order valence-electron chi connectivity index (χ0n) is 19.7. The summed E-state index contributed by atoms with van der Waals surface area (Å²) >= 11 is 0. The van der Waals surface area contributed by atoms with Crippen LogP contribution in [-0.4, -0.2) is 33.9 Å². The molecule has 0 atom stereocenters. The molecule has 5 heteroatoms. The number of hydrogen-bond acceptors (Lipinski definition) is 4. The van der Waals surface area contributed by atoms with Gasteiger partial charge in [-0.2, -0.15) is 5.10 Å². The van der Waals surface area contributed by atoms with Crippen LogP contribution in [0, 0.1) is 0 Å². The van der Waals surface area contributed by atoms with Gasteiger partial charge in [0.05, 0.1) is 5.52 Å². The highest BCUT2D eigenvalue weighted by molar-refractivity contribution is 5.94. The van der Waals surface area contributed by atoms with Crippen LogP contribution in [0.15, 0.2) is 36.5 Å². The van der Waals surface area contributed by atoms with Gasteiger partial charge in [-0.05, 0) is 63.4 Å². The van der Waals surface area contributed by atoms with Crippen LogP contribution in [0.5, 0.6) is 5.75 Å². The lowest BCUT2D eigenvalue weighted by Crippen LogP contribution is -2.24. The number of anilines is 1. The average molecular weight is 413 g/mol. The minimum atomic E-state index is 0. The second kappa shape index (κ2) is 11.0. The van der Waals surface area contributed by atoms with E-state index in [4.69, 9.17) is 4.74 Å². The summed E-state index contributed by atoms with van der Waals surface area (Å²) in [5.74, 6) is 1.91. The van der Waals surface area contributed by atoms with Crippen molar-refractivity contribution in [1.82, 2.24) is 15.2 Å². The molecule has 0 unspecified atom stereocenters. The zero-order valence-corrected chi connectivity index (χ0v) is 19.7. The molecule has 1 N–H and O–H groups in total. The zero-order chi connectivity index (χ0) is 22.1. The second-order valence-electron chi connectivity index (χ2n) is 7.31. The summed E-state index contributed by atoms with van der Waals surface area (Å²) in [4.78, 5) is 6.85. The van der Waals surface area contributed by atoms with E-state index in [-0.39, 0.29) is 7.03 Å². The number of benzene rings is 1. The van der Waals surface area contributed by atoms with Gasteiger partial charge in [-0.15, -0.1) is 0 Å². The number of nitrogens with zero attached hydrogens (tertiary/aromatic N) is 3. The Kier molecular flexibility index (Phi) is 8.70. The van der Waals surface area contributed by atoms with E-state index in [9.17, 15) is 0 Å². The molecule has 3 aromatic rings. The van der Waals surface area contributed by atoms with E-state index in [0.717, 1.165) is 66.1 Å². The molecule has 1 aliphatic rings. The number of H-pyrrole nitrogens is 1. The molecule has 0 amide bonds. The molecule has 1 saturated carbocycles. The van der Waals surface area contributed by atoms with Crippen molar-refractivity contribution < 1.29 is 6.16 Å². The number of aromatic nitrogens is 3. The van der Waals surface area contributed by atoms with Gasteiger partial charge in [0.2, 0.25) is 0 Å². The van der Waals surface area contributed by atoms with Crippen molar-refractivity contribution in [2.24, 2.45) is 0 Å². The van der Waals surface area contributed by atoms with Gasteiger partial charge in [0, 0.05) is 31.7 Å². The molecule has 0 saturated heterocycles. The maximum Gasteiger partial charge on any atom is 0.129 e. The van der Waals surface area contributed by atoms with E-state index >= 15 is 0 Å². The van der Waals surface area contributed by atoms with Crippen molar-refractivity contribution in [2.45, 2.75) is 73.3 Å². The molecule has 0 bridgehead atoms. The van der Waals surface area contributed by atoms with E-state index in [1.165, 1.54) is 0 Å². The highest BCUT2D eigenvalue weighted by atomic mass is 16.5. The summed E-state index contributed by atoms with van der Waals surface area (Å²) in [7, 11) is 0. The summed E-state index contributed by atoms with van der Waals surface area (Å²) in [5, 5.41) is 8.79. The Morgan fingerprint density at radius 3 is 2.47 bits per heavy atom. The lowest BCUT2D eigenvalue weighted by Gasteiger charge is -2.21. The third kappa shape index (κ3) is 5.53. The average Bonchev–Trinajstić information content (AvgIpc) is 3.37. The van der Waals surface area contributed by atoms with E-state index in [2.05, 4.69) is 53.0 Å².